The van der Waals surface area contributed by atoms with Crippen LogP contribution in [0, 0.1) is 0 Å². The maximum absolute atomic E-state index is 12.1. The topological polar surface area (TPSA) is 84.9 Å². The Hall–Kier alpha value is -0.420. The van der Waals surface area contributed by atoms with Crippen LogP contribution in [0.1, 0.15) is 27.2 Å². The number of hydrogen-bond donors (Lipinski definition) is 0. The van der Waals surface area contributed by atoms with Gasteiger partial charge in [-0.05, 0) is 20.3 Å². The van der Waals surface area contributed by atoms with Gasteiger partial charge < -0.3 is 23.7 Å². The molecule has 6 nitrogen and oxygen atoms in total. The molecule has 0 aromatic heterocycles. The Labute approximate surface area is 95.4 Å². The van der Waals surface area contributed by atoms with Gasteiger partial charge in [0.1, 0.15) is 0 Å². The van der Waals surface area contributed by atoms with Crippen LogP contribution in [0.3, 0.4) is 0 Å². The predicted octanol–water partition coefficient (Wildman–Crippen LogP) is 0.755. The van der Waals surface area contributed by atoms with E-state index >= 15 is 0 Å². The molecule has 0 fully saturated rings. The summed E-state index contributed by atoms with van der Waals surface area (Å²) in [5.41, 5.74) is 0. The van der Waals surface area contributed by atoms with Crippen molar-refractivity contribution < 1.29 is 28.3 Å². The summed E-state index contributed by atoms with van der Waals surface area (Å²) in [5.74, 6) is -3.24. The van der Waals surface area contributed by atoms with E-state index in [1.165, 1.54) is 0 Å². The molecule has 0 saturated carbocycles. The van der Waals surface area contributed by atoms with E-state index in [4.69, 9.17) is 13.8 Å². The minimum absolute atomic E-state index is 0.0799. The molecule has 0 rings (SSSR count). The number of hydrogen-bond acceptors (Lipinski definition) is 6. The third kappa shape index (κ3) is 4.61. The van der Waals surface area contributed by atoms with Crippen LogP contribution in [0.5, 0.6) is 0 Å². The number of rotatable bonds is 9. The largest absolute Gasteiger partial charge is 0.547 e. The molecule has 1 atom stereocenters. The maximum Gasteiger partial charge on any atom is 0.364 e. The van der Waals surface area contributed by atoms with Crippen LogP contribution in [0.4, 0.5) is 0 Å². The molecule has 0 bridgehead atoms. The number of ether oxygens (including phenoxy) is 1. The van der Waals surface area contributed by atoms with E-state index in [1.54, 1.807) is 20.8 Å². The summed E-state index contributed by atoms with van der Waals surface area (Å²) in [6.45, 7) is 5.31. The first-order chi connectivity index (χ1) is 7.51. The highest BCUT2D eigenvalue weighted by Crippen LogP contribution is 2.53. The van der Waals surface area contributed by atoms with Crippen molar-refractivity contribution in [1.29, 1.82) is 0 Å². The van der Waals surface area contributed by atoms with Crippen molar-refractivity contribution >= 4 is 13.6 Å². The van der Waals surface area contributed by atoms with Gasteiger partial charge in [-0.3, -0.25) is 4.57 Å². The molecule has 0 aliphatic rings. The Morgan fingerprint density at radius 3 is 2.06 bits per heavy atom. The summed E-state index contributed by atoms with van der Waals surface area (Å²) in [6.07, 6.45) is 0.599. The first-order valence-corrected chi connectivity index (χ1v) is 6.84. The number of carbonyl (C=O) groups is 1. The van der Waals surface area contributed by atoms with Gasteiger partial charge in [-0.15, -0.1) is 0 Å². The molecular weight excluding hydrogens is 235 g/mol. The normalized spacial score (nSPS) is 13.7. The first kappa shape index (κ1) is 15.6. The molecule has 16 heavy (non-hydrogen) atoms. The molecule has 0 aliphatic heterocycles. The van der Waals surface area contributed by atoms with Crippen LogP contribution in [0.25, 0.3) is 0 Å². The minimum atomic E-state index is -3.80. The second-order valence-electron chi connectivity index (χ2n) is 2.92. The molecule has 96 valence electrons. The van der Waals surface area contributed by atoms with Crippen LogP contribution in [0.15, 0.2) is 0 Å². The van der Waals surface area contributed by atoms with Crippen LogP contribution < -0.4 is 5.11 Å². The van der Waals surface area contributed by atoms with Crippen molar-refractivity contribution in [3.8, 4) is 0 Å². The predicted molar refractivity (Wildman–Crippen MR) is 55.9 cm³/mol. The van der Waals surface area contributed by atoms with Crippen LogP contribution >= 0.6 is 7.60 Å². The summed E-state index contributed by atoms with van der Waals surface area (Å²) in [5, 5.41) is 10.8. The highest BCUT2D eigenvalue weighted by atomic mass is 31.2. The zero-order chi connectivity index (χ0) is 12.6. The number of carboxylic acids is 1. The Morgan fingerprint density at radius 2 is 1.75 bits per heavy atom. The van der Waals surface area contributed by atoms with Gasteiger partial charge in [-0.1, -0.05) is 6.92 Å². The zero-order valence-electron chi connectivity index (χ0n) is 9.80. The van der Waals surface area contributed by atoms with Gasteiger partial charge in [0, 0.05) is 6.61 Å². The highest BCUT2D eigenvalue weighted by molar-refractivity contribution is 7.55. The van der Waals surface area contributed by atoms with E-state index in [9.17, 15) is 14.5 Å². The van der Waals surface area contributed by atoms with Crippen LogP contribution in [-0.4, -0.2) is 31.6 Å². The van der Waals surface area contributed by atoms with Gasteiger partial charge in [0.25, 0.3) is 0 Å². The summed E-state index contributed by atoms with van der Waals surface area (Å²) < 4.78 is 26.8. The average Bonchev–Trinajstić information content (AvgIpc) is 2.18. The quantitative estimate of drug-likeness (QED) is 0.564. The molecule has 0 saturated heterocycles. The fraction of sp³-hybridized carbons (Fsp3) is 0.889. The summed E-state index contributed by atoms with van der Waals surface area (Å²) in [7, 11) is -3.80. The first-order valence-electron chi connectivity index (χ1n) is 5.23. The van der Waals surface area contributed by atoms with Crippen LogP contribution in [0.2, 0.25) is 0 Å². The third-order valence-electron chi connectivity index (χ3n) is 1.59. The maximum atomic E-state index is 12.1. The highest BCUT2D eigenvalue weighted by Gasteiger charge is 2.37. The van der Waals surface area contributed by atoms with E-state index in [-0.39, 0.29) is 19.8 Å². The average molecular weight is 253 g/mol. The smallest absolute Gasteiger partial charge is 0.364 e. The summed E-state index contributed by atoms with van der Waals surface area (Å²) >= 11 is 0. The van der Waals surface area contributed by atoms with Gasteiger partial charge in [-0.25, -0.2) is 0 Å². The van der Waals surface area contributed by atoms with Gasteiger partial charge in [0.05, 0.1) is 19.2 Å². The van der Waals surface area contributed by atoms with E-state index in [2.05, 4.69) is 0 Å². The van der Waals surface area contributed by atoms with Crippen molar-refractivity contribution in [2.45, 2.75) is 33.0 Å². The molecular formula is C9H18O6P-. The lowest BCUT2D eigenvalue weighted by atomic mass is 10.5. The number of carbonyl (C=O) groups excluding carboxylic acids is 1. The second kappa shape index (κ2) is 7.79. The van der Waals surface area contributed by atoms with E-state index in [0.717, 1.165) is 0 Å². The van der Waals surface area contributed by atoms with Crippen molar-refractivity contribution in [3.63, 3.8) is 0 Å². The number of aliphatic carboxylic acids is 1. The summed E-state index contributed by atoms with van der Waals surface area (Å²) in [6, 6.07) is 0. The van der Waals surface area contributed by atoms with E-state index in [0.29, 0.717) is 6.42 Å². The van der Waals surface area contributed by atoms with Gasteiger partial charge in [-0.2, -0.15) is 0 Å². The standard InChI is InChI=1S/C9H19O6P/c1-4-7-13-9(8(10)11)16(12,14-5-2)15-6-3/h9H,4-7H2,1-3H3,(H,10,11)/p-1. The molecule has 0 N–H and O–H groups in total. The Bertz CT molecular complexity index is 244. The van der Waals surface area contributed by atoms with Crippen molar-refractivity contribution in [1.82, 2.24) is 0 Å². The zero-order valence-corrected chi connectivity index (χ0v) is 10.7. The van der Waals surface area contributed by atoms with Crippen molar-refractivity contribution in [3.05, 3.63) is 0 Å². The molecule has 0 amide bonds. The molecule has 1 unspecified atom stereocenters. The molecule has 0 radical (unpaired) electrons. The number of carboxylic acid groups (broad SMARTS) is 1. The summed E-state index contributed by atoms with van der Waals surface area (Å²) in [4.78, 5) is 10.8. The third-order valence-corrected chi connectivity index (χ3v) is 3.76. The van der Waals surface area contributed by atoms with Gasteiger partial charge in [0.2, 0.25) is 0 Å². The Balaban J connectivity index is 4.78. The van der Waals surface area contributed by atoms with Crippen molar-refractivity contribution in [2.75, 3.05) is 19.8 Å². The second-order valence-corrected chi connectivity index (χ2v) is 4.98. The molecule has 0 aromatic carbocycles. The van der Waals surface area contributed by atoms with Gasteiger partial charge >= 0.3 is 7.60 Å². The Kier molecular flexibility index (Phi) is 7.58. The van der Waals surface area contributed by atoms with Gasteiger partial charge in [0.15, 0.2) is 5.85 Å². The lowest BCUT2D eigenvalue weighted by molar-refractivity contribution is -0.313. The molecule has 0 heterocycles. The fourth-order valence-corrected chi connectivity index (χ4v) is 2.66. The monoisotopic (exact) mass is 253 g/mol. The molecule has 7 heteroatoms. The molecule has 0 aliphatic carbocycles. The SMILES string of the molecule is CCCOC(C(=O)[O-])P(=O)(OCC)OCC. The van der Waals surface area contributed by atoms with Crippen LogP contribution in [-0.2, 0) is 23.1 Å². The van der Waals surface area contributed by atoms with Crippen molar-refractivity contribution in [2.24, 2.45) is 0 Å². The Morgan fingerprint density at radius 1 is 1.25 bits per heavy atom. The minimum Gasteiger partial charge on any atom is -0.547 e. The molecule has 0 spiro atoms. The molecule has 0 aromatic rings. The van der Waals surface area contributed by atoms with E-state index < -0.39 is 19.4 Å². The lowest BCUT2D eigenvalue weighted by Crippen LogP contribution is -2.38. The fourth-order valence-electron chi connectivity index (χ4n) is 1.05. The lowest BCUT2D eigenvalue weighted by Gasteiger charge is -2.26. The van der Waals surface area contributed by atoms with E-state index in [1.807, 2.05) is 0 Å².